The van der Waals surface area contributed by atoms with E-state index in [1.807, 2.05) is 0 Å². The molecule has 0 spiro atoms. The Kier molecular flexibility index (Phi) is 116. The van der Waals surface area contributed by atoms with Gasteiger partial charge in [0.05, 0.1) is 0 Å². The van der Waals surface area contributed by atoms with Gasteiger partial charge in [-0.25, -0.2) is 0 Å². The molecule has 0 aliphatic heterocycles. The number of rotatable bonds is 0. The molecule has 0 aliphatic carbocycles. The number of hydrogen-bond donors (Lipinski definition) is 0. The molecule has 0 N–H and O–H groups in total. The van der Waals surface area contributed by atoms with Crippen LogP contribution in [0.15, 0.2) is 0 Å². The molecular formula is H4CaCoMgNi. The van der Waals surface area contributed by atoms with Gasteiger partial charge in [0, 0.05) is 33.3 Å². The summed E-state index contributed by atoms with van der Waals surface area (Å²) in [5.41, 5.74) is 0. The molecule has 0 unspecified atom stereocenters. The van der Waals surface area contributed by atoms with Gasteiger partial charge in [-0.3, -0.25) is 0 Å². The summed E-state index contributed by atoms with van der Waals surface area (Å²) in [7, 11) is 0. The first-order chi connectivity index (χ1) is 0. The molecule has 4 heavy (non-hydrogen) atoms. The molecule has 0 bridgehead atoms. The SMILES string of the molecule is [CaH2].[Co].[MgH2].[Ni]. The fourth-order valence-corrected chi connectivity index (χ4v) is 0. The molecule has 0 aromatic heterocycles. The summed E-state index contributed by atoms with van der Waals surface area (Å²) in [4.78, 5) is 0. The summed E-state index contributed by atoms with van der Waals surface area (Å²) in [6.45, 7) is 0. The summed E-state index contributed by atoms with van der Waals surface area (Å²) in [6, 6.07) is 0. The van der Waals surface area contributed by atoms with Gasteiger partial charge in [0.25, 0.3) is 0 Å². The van der Waals surface area contributed by atoms with Crippen LogP contribution in [-0.4, -0.2) is 60.8 Å². The van der Waals surface area contributed by atoms with Crippen LogP contribution in [0.3, 0.4) is 0 Å². The van der Waals surface area contributed by atoms with Crippen LogP contribution in [0.5, 0.6) is 0 Å². The molecule has 4 heteroatoms. The Hall–Kier alpha value is 3.03. The predicted octanol–water partition coefficient (Wildman–Crippen LogP) is -1.84. The Balaban J connectivity index is 0. The van der Waals surface area contributed by atoms with E-state index in [9.17, 15) is 0 Å². The van der Waals surface area contributed by atoms with Crippen LogP contribution in [0.1, 0.15) is 0 Å². The monoisotopic (exact) mass is 185 g/mol. The minimum absolute atomic E-state index is 0. The van der Waals surface area contributed by atoms with E-state index in [4.69, 9.17) is 0 Å². The average Bonchev–Trinajstić information content (AvgIpc) is 0. The molecule has 0 heterocycles. The molecule has 1 radical (unpaired) electrons. The van der Waals surface area contributed by atoms with Crippen molar-refractivity contribution in [3.8, 4) is 0 Å². The van der Waals surface area contributed by atoms with Gasteiger partial charge in [-0.2, -0.15) is 0 Å². The van der Waals surface area contributed by atoms with E-state index >= 15 is 0 Å². The van der Waals surface area contributed by atoms with Crippen molar-refractivity contribution in [1.29, 1.82) is 0 Å². The fraction of sp³-hybridized carbons (Fsp3) is 0. The molecule has 0 aromatic rings. The van der Waals surface area contributed by atoms with Gasteiger partial charge in [0.1, 0.15) is 0 Å². The minimum Gasteiger partial charge on any atom is 0 e. The standard InChI is InChI=1S/Ca.Co.Mg.Ni.4H. The van der Waals surface area contributed by atoms with Crippen molar-refractivity contribution in [2.24, 2.45) is 0 Å². The van der Waals surface area contributed by atoms with E-state index in [2.05, 4.69) is 0 Å². The molecule has 0 aromatic carbocycles. The molecule has 0 amide bonds. The van der Waals surface area contributed by atoms with Gasteiger partial charge in [-0.1, -0.05) is 0 Å². The third-order valence-corrected chi connectivity index (χ3v) is 0. The van der Waals surface area contributed by atoms with Crippen molar-refractivity contribution in [2.45, 2.75) is 0 Å². The maximum Gasteiger partial charge on any atom is 0.316 e. The van der Waals surface area contributed by atoms with Crippen LogP contribution < -0.4 is 0 Å². The van der Waals surface area contributed by atoms with E-state index in [0.29, 0.717) is 0 Å². The van der Waals surface area contributed by atoms with Crippen LogP contribution in [0.4, 0.5) is 0 Å². The second-order valence-electron chi connectivity index (χ2n) is 0. The average molecular weight is 186 g/mol. The second kappa shape index (κ2) is 16.6. The first kappa shape index (κ1) is 27.9. The topological polar surface area (TPSA) is 0 Å². The zero-order chi connectivity index (χ0) is 0. The molecule has 0 nitrogen and oxygen atoms in total. The summed E-state index contributed by atoms with van der Waals surface area (Å²) < 4.78 is 0. The molecule has 0 rings (SSSR count). The molecule has 0 fully saturated rings. The van der Waals surface area contributed by atoms with Crippen molar-refractivity contribution in [1.82, 2.24) is 0 Å². The van der Waals surface area contributed by atoms with Gasteiger partial charge in [-0.05, 0) is 0 Å². The molecular weight excluding hydrogens is 182 g/mol. The van der Waals surface area contributed by atoms with Gasteiger partial charge in [0.2, 0.25) is 0 Å². The van der Waals surface area contributed by atoms with E-state index in [-0.39, 0.29) is 94.1 Å². The van der Waals surface area contributed by atoms with Gasteiger partial charge >= 0.3 is 60.8 Å². The summed E-state index contributed by atoms with van der Waals surface area (Å²) in [6.07, 6.45) is 0. The van der Waals surface area contributed by atoms with Crippen molar-refractivity contribution in [3.05, 3.63) is 0 Å². The third kappa shape index (κ3) is 8.90. The quantitative estimate of drug-likeness (QED) is 0.390. The Morgan fingerprint density at radius 1 is 1.00 bits per heavy atom. The Bertz CT molecular complexity index is 8.00. The summed E-state index contributed by atoms with van der Waals surface area (Å²) in [5.74, 6) is 0. The summed E-state index contributed by atoms with van der Waals surface area (Å²) in [5, 5.41) is 0. The van der Waals surface area contributed by atoms with E-state index in [1.165, 1.54) is 0 Å². The van der Waals surface area contributed by atoms with Gasteiger partial charge < -0.3 is 0 Å². The Morgan fingerprint density at radius 3 is 1.00 bits per heavy atom. The molecule has 0 aliphatic rings. The van der Waals surface area contributed by atoms with Crippen LogP contribution >= 0.6 is 0 Å². The van der Waals surface area contributed by atoms with E-state index in [1.54, 1.807) is 0 Å². The predicted molar refractivity (Wildman–Crippen MR) is 17.1 cm³/mol. The number of hydrogen-bond acceptors (Lipinski definition) is 0. The smallest absolute Gasteiger partial charge is 0 e. The summed E-state index contributed by atoms with van der Waals surface area (Å²) >= 11 is 0. The largest absolute Gasteiger partial charge is 0.316 e. The second-order valence-corrected chi connectivity index (χ2v) is 0. The molecule has 27 valence electrons. The van der Waals surface area contributed by atoms with Crippen LogP contribution in [0, 0.1) is 0 Å². The van der Waals surface area contributed by atoms with Crippen molar-refractivity contribution < 1.29 is 33.3 Å². The van der Waals surface area contributed by atoms with Crippen LogP contribution in [-0.2, 0) is 33.3 Å². The Morgan fingerprint density at radius 2 is 1.00 bits per heavy atom. The van der Waals surface area contributed by atoms with Crippen LogP contribution in [0.2, 0.25) is 0 Å². The first-order valence-electron chi connectivity index (χ1n) is 0. The van der Waals surface area contributed by atoms with Crippen molar-refractivity contribution in [3.63, 3.8) is 0 Å². The van der Waals surface area contributed by atoms with E-state index < -0.39 is 0 Å². The van der Waals surface area contributed by atoms with Gasteiger partial charge in [-0.15, -0.1) is 0 Å². The van der Waals surface area contributed by atoms with Crippen molar-refractivity contribution in [2.75, 3.05) is 0 Å². The normalized spacial score (nSPS) is 0. The molecule has 0 saturated carbocycles. The molecule has 0 atom stereocenters. The maximum absolute atomic E-state index is 0. The van der Waals surface area contributed by atoms with Crippen LogP contribution in [0.25, 0.3) is 0 Å². The zero-order valence-electron chi connectivity index (χ0n) is 0.650. The fourth-order valence-electron chi connectivity index (χ4n) is 0. The molecule has 0 saturated heterocycles. The zero-order valence-corrected chi connectivity index (χ0v) is 2.68. The minimum atomic E-state index is 0. The van der Waals surface area contributed by atoms with Gasteiger partial charge in [0.15, 0.2) is 0 Å². The van der Waals surface area contributed by atoms with Crippen molar-refractivity contribution >= 4 is 60.8 Å². The maximum atomic E-state index is 0. The van der Waals surface area contributed by atoms with E-state index in [0.717, 1.165) is 0 Å². The third-order valence-electron chi connectivity index (χ3n) is 0. The Labute approximate surface area is 92.1 Å². The first-order valence-corrected chi connectivity index (χ1v) is 0.